The molecule has 0 aliphatic carbocycles. The molecule has 1 aromatic heterocycles. The Balaban J connectivity index is 1.23. The summed E-state index contributed by atoms with van der Waals surface area (Å²) in [6.45, 7) is 3.48. The van der Waals surface area contributed by atoms with Gasteiger partial charge in [0.25, 0.3) is 0 Å². The largest absolute Gasteiger partial charge is 0.573 e. The molecule has 8 nitrogen and oxygen atoms in total. The Kier molecular flexibility index (Phi) is 5.73. The average Bonchev–Trinajstić information content (AvgIpc) is 2.68. The van der Waals surface area contributed by atoms with Gasteiger partial charge in [0.05, 0.1) is 18.9 Å². The maximum absolute atomic E-state index is 12.2. The van der Waals surface area contributed by atoms with Crippen LogP contribution >= 0.6 is 0 Å². The van der Waals surface area contributed by atoms with E-state index in [2.05, 4.69) is 24.9 Å². The molecule has 0 saturated carbocycles. The van der Waals surface area contributed by atoms with E-state index in [1.165, 1.54) is 24.5 Å². The molecule has 0 spiro atoms. The molecule has 2 aliphatic rings. The summed E-state index contributed by atoms with van der Waals surface area (Å²) in [5.41, 5.74) is 0.882. The van der Waals surface area contributed by atoms with Crippen molar-refractivity contribution in [1.29, 1.82) is 0 Å². The van der Waals surface area contributed by atoms with Crippen molar-refractivity contribution in [3.63, 3.8) is 0 Å². The number of likely N-dealkylation sites (tertiary alicyclic amines) is 1. The number of amides is 1. The SMILES string of the molecule is O=C1CNCCN1c1cnc(OC2CN(Cc3ccc(OC(F)(F)F)cc3)C2)cn1. The van der Waals surface area contributed by atoms with Crippen molar-refractivity contribution < 1.29 is 27.4 Å². The highest BCUT2D eigenvalue weighted by atomic mass is 19.4. The first-order valence-electron chi connectivity index (χ1n) is 9.42. The molecule has 11 heteroatoms. The van der Waals surface area contributed by atoms with Gasteiger partial charge in [0.1, 0.15) is 11.9 Å². The molecule has 1 N–H and O–H groups in total. The molecule has 4 rings (SSSR count). The maximum Gasteiger partial charge on any atom is 0.573 e. The number of hydrogen-bond acceptors (Lipinski definition) is 7. The lowest BCUT2D eigenvalue weighted by atomic mass is 10.1. The fourth-order valence-electron chi connectivity index (χ4n) is 3.31. The Morgan fingerprint density at radius 3 is 2.53 bits per heavy atom. The van der Waals surface area contributed by atoms with Crippen molar-refractivity contribution in [2.45, 2.75) is 19.0 Å². The van der Waals surface area contributed by atoms with E-state index in [1.807, 2.05) is 0 Å². The highest BCUT2D eigenvalue weighted by Gasteiger charge is 2.31. The van der Waals surface area contributed by atoms with Gasteiger partial charge in [0.15, 0.2) is 5.82 Å². The summed E-state index contributed by atoms with van der Waals surface area (Å²) in [5, 5.41) is 3.00. The van der Waals surface area contributed by atoms with Crippen LogP contribution in [0.2, 0.25) is 0 Å². The minimum absolute atomic E-state index is 0.0428. The van der Waals surface area contributed by atoms with E-state index in [0.717, 1.165) is 5.56 Å². The van der Waals surface area contributed by atoms with Crippen molar-refractivity contribution in [2.75, 3.05) is 37.6 Å². The summed E-state index contributed by atoms with van der Waals surface area (Å²) in [7, 11) is 0. The van der Waals surface area contributed by atoms with Gasteiger partial charge in [-0.3, -0.25) is 14.6 Å². The zero-order valence-electron chi connectivity index (χ0n) is 15.9. The summed E-state index contributed by atoms with van der Waals surface area (Å²) >= 11 is 0. The number of carbonyl (C=O) groups excluding carboxylic acids is 1. The number of rotatable bonds is 6. The number of halogens is 3. The number of hydrogen-bond donors (Lipinski definition) is 1. The summed E-state index contributed by atoms with van der Waals surface area (Å²) in [6, 6.07) is 5.82. The second-order valence-electron chi connectivity index (χ2n) is 7.06. The molecule has 1 amide bonds. The molecular weight excluding hydrogens is 403 g/mol. The normalized spacial score (nSPS) is 18.2. The molecule has 2 aliphatic heterocycles. The third kappa shape index (κ3) is 5.16. The number of aromatic nitrogens is 2. The van der Waals surface area contributed by atoms with Crippen molar-refractivity contribution in [3.8, 4) is 11.6 Å². The average molecular weight is 423 g/mol. The second kappa shape index (κ2) is 8.44. The Bertz CT molecular complexity index is 870. The number of alkyl halides is 3. The van der Waals surface area contributed by atoms with Crippen LogP contribution in [0.1, 0.15) is 5.56 Å². The van der Waals surface area contributed by atoms with Crippen molar-refractivity contribution >= 4 is 11.7 Å². The lowest BCUT2D eigenvalue weighted by Gasteiger charge is -2.38. The molecule has 1 aromatic carbocycles. The van der Waals surface area contributed by atoms with E-state index >= 15 is 0 Å². The Morgan fingerprint density at radius 1 is 1.13 bits per heavy atom. The van der Waals surface area contributed by atoms with Gasteiger partial charge in [0.2, 0.25) is 11.8 Å². The van der Waals surface area contributed by atoms with Crippen LogP contribution in [0.4, 0.5) is 19.0 Å². The van der Waals surface area contributed by atoms with Gasteiger partial charge in [-0.1, -0.05) is 12.1 Å². The molecular formula is C19H20F3N5O3. The first kappa shape index (κ1) is 20.4. The number of piperazine rings is 1. The highest BCUT2D eigenvalue weighted by Crippen LogP contribution is 2.24. The molecule has 2 aromatic rings. The molecule has 3 heterocycles. The molecule has 160 valence electrons. The second-order valence-corrected chi connectivity index (χ2v) is 7.06. The third-order valence-corrected chi connectivity index (χ3v) is 4.75. The minimum Gasteiger partial charge on any atom is -0.471 e. The number of nitrogens with one attached hydrogen (secondary N) is 1. The zero-order valence-corrected chi connectivity index (χ0v) is 15.9. The molecule has 2 fully saturated rings. The molecule has 0 atom stereocenters. The van der Waals surface area contributed by atoms with E-state index in [-0.39, 0.29) is 24.3 Å². The lowest BCUT2D eigenvalue weighted by molar-refractivity contribution is -0.274. The maximum atomic E-state index is 12.2. The van der Waals surface area contributed by atoms with Gasteiger partial charge in [-0.25, -0.2) is 9.97 Å². The standard InChI is InChI=1S/C19H20F3N5O3/c20-19(21,22)30-14-3-1-13(2-4-14)10-26-11-15(12-26)29-17-8-24-16(7-25-17)27-6-5-23-9-18(27)28/h1-4,7-8,15,23H,5-6,9-12H2. The van der Waals surface area contributed by atoms with E-state index in [4.69, 9.17) is 4.74 Å². The lowest BCUT2D eigenvalue weighted by Crippen LogP contribution is -2.53. The first-order valence-corrected chi connectivity index (χ1v) is 9.42. The van der Waals surface area contributed by atoms with Gasteiger partial charge in [-0.05, 0) is 17.7 Å². The third-order valence-electron chi connectivity index (χ3n) is 4.75. The van der Waals surface area contributed by atoms with Gasteiger partial charge in [0, 0.05) is 32.7 Å². The van der Waals surface area contributed by atoms with Crippen LogP contribution in [0.5, 0.6) is 11.6 Å². The quantitative estimate of drug-likeness (QED) is 0.756. The first-order chi connectivity index (χ1) is 14.4. The van der Waals surface area contributed by atoms with Crippen LogP contribution in [-0.2, 0) is 11.3 Å². The number of anilines is 1. The summed E-state index contributed by atoms with van der Waals surface area (Å²) in [6.07, 6.45) is -1.70. The van der Waals surface area contributed by atoms with E-state index in [0.29, 0.717) is 44.4 Å². The molecule has 0 bridgehead atoms. The van der Waals surface area contributed by atoms with Crippen molar-refractivity contribution in [1.82, 2.24) is 20.2 Å². The highest BCUT2D eigenvalue weighted by molar-refractivity contribution is 5.94. The molecule has 2 saturated heterocycles. The minimum atomic E-state index is -4.69. The monoisotopic (exact) mass is 423 g/mol. The molecule has 30 heavy (non-hydrogen) atoms. The van der Waals surface area contributed by atoms with Gasteiger partial charge in [-0.2, -0.15) is 0 Å². The topological polar surface area (TPSA) is 79.8 Å². The predicted molar refractivity (Wildman–Crippen MR) is 100 cm³/mol. The van der Waals surface area contributed by atoms with Gasteiger partial charge in [-0.15, -0.1) is 13.2 Å². The van der Waals surface area contributed by atoms with Gasteiger partial charge >= 0.3 is 6.36 Å². The summed E-state index contributed by atoms with van der Waals surface area (Å²) in [5.74, 6) is 0.610. The predicted octanol–water partition coefficient (Wildman–Crippen LogP) is 1.57. The fraction of sp³-hybridized carbons (Fsp3) is 0.421. The van der Waals surface area contributed by atoms with Gasteiger partial charge < -0.3 is 14.8 Å². The van der Waals surface area contributed by atoms with E-state index in [9.17, 15) is 18.0 Å². The number of ether oxygens (including phenoxy) is 2. The Hall–Kier alpha value is -2.92. The van der Waals surface area contributed by atoms with Crippen LogP contribution in [-0.4, -0.2) is 66.0 Å². The smallest absolute Gasteiger partial charge is 0.471 e. The van der Waals surface area contributed by atoms with E-state index in [1.54, 1.807) is 17.0 Å². The van der Waals surface area contributed by atoms with Crippen LogP contribution in [0, 0.1) is 0 Å². The Labute approximate surface area is 170 Å². The van der Waals surface area contributed by atoms with Crippen LogP contribution in [0.25, 0.3) is 0 Å². The van der Waals surface area contributed by atoms with Crippen molar-refractivity contribution in [3.05, 3.63) is 42.2 Å². The zero-order chi connectivity index (χ0) is 21.1. The number of benzene rings is 1. The summed E-state index contributed by atoms with van der Waals surface area (Å²) < 4.78 is 46.2. The fourth-order valence-corrected chi connectivity index (χ4v) is 3.31. The molecule has 0 unspecified atom stereocenters. The number of nitrogens with zero attached hydrogens (tertiary/aromatic N) is 4. The van der Waals surface area contributed by atoms with E-state index < -0.39 is 6.36 Å². The van der Waals surface area contributed by atoms with Crippen LogP contribution in [0.3, 0.4) is 0 Å². The molecule has 0 radical (unpaired) electrons. The Morgan fingerprint density at radius 2 is 1.90 bits per heavy atom. The van der Waals surface area contributed by atoms with Crippen molar-refractivity contribution in [2.24, 2.45) is 0 Å². The van der Waals surface area contributed by atoms with Crippen LogP contribution in [0.15, 0.2) is 36.7 Å². The number of carbonyl (C=O) groups is 1. The summed E-state index contributed by atoms with van der Waals surface area (Å²) in [4.78, 5) is 24.1. The van der Waals surface area contributed by atoms with Crippen LogP contribution < -0.4 is 19.7 Å².